The van der Waals surface area contributed by atoms with Gasteiger partial charge < -0.3 is 10.2 Å². The lowest BCUT2D eigenvalue weighted by Gasteiger charge is -2.31. The molecule has 0 aliphatic carbocycles. The Morgan fingerprint density at radius 2 is 1.75 bits per heavy atom. The van der Waals surface area contributed by atoms with E-state index >= 15 is 0 Å². The van der Waals surface area contributed by atoms with Crippen molar-refractivity contribution in [3.8, 4) is 0 Å². The maximum atomic E-state index is 12.9. The van der Waals surface area contributed by atoms with Gasteiger partial charge in [-0.2, -0.15) is 13.2 Å². The van der Waals surface area contributed by atoms with E-state index < -0.39 is 18.1 Å². The number of rotatable bonds is 8. The number of halogens is 3. The minimum Gasteiger partial charge on any atom is -0.332 e. The van der Waals surface area contributed by atoms with E-state index in [2.05, 4.69) is 5.32 Å². The van der Waals surface area contributed by atoms with Crippen LogP contribution in [0, 0.1) is 0 Å². The van der Waals surface area contributed by atoms with Crippen molar-refractivity contribution in [3.63, 3.8) is 0 Å². The van der Waals surface area contributed by atoms with Gasteiger partial charge in [0.1, 0.15) is 0 Å². The fraction of sp³-hybridized carbons (Fsp3) is 0.619. The molecule has 0 bridgehead atoms. The Balaban J connectivity index is 2.00. The smallest absolute Gasteiger partial charge is 0.332 e. The Morgan fingerprint density at radius 1 is 1.11 bits per heavy atom. The van der Waals surface area contributed by atoms with E-state index in [1.54, 1.807) is 19.9 Å². The molecule has 1 aromatic carbocycles. The second-order valence-corrected chi connectivity index (χ2v) is 7.23. The standard InChI is InChI=1S/C21H29F3N2O2/c1-3-18(4-2)26(20(28)21(22,23)24)13-5-6-19(27)17-8-7-15-9-11-25-12-10-16(15)14-17/h7-8,14,18,25H,3-6,9-13H2,1-2H3. The van der Waals surface area contributed by atoms with E-state index in [1.165, 1.54) is 5.56 Å². The van der Waals surface area contributed by atoms with E-state index in [9.17, 15) is 22.8 Å². The zero-order valence-electron chi connectivity index (χ0n) is 16.6. The van der Waals surface area contributed by atoms with E-state index in [0.29, 0.717) is 18.4 Å². The third kappa shape index (κ3) is 5.80. The van der Waals surface area contributed by atoms with E-state index in [4.69, 9.17) is 0 Å². The van der Waals surface area contributed by atoms with Crippen LogP contribution in [0.5, 0.6) is 0 Å². The summed E-state index contributed by atoms with van der Waals surface area (Å²) >= 11 is 0. The van der Waals surface area contributed by atoms with Crippen molar-refractivity contribution < 1.29 is 22.8 Å². The second kappa shape index (κ2) is 10.0. The van der Waals surface area contributed by atoms with E-state index in [1.807, 2.05) is 12.1 Å². The first-order valence-electron chi connectivity index (χ1n) is 10.0. The second-order valence-electron chi connectivity index (χ2n) is 7.23. The molecule has 0 spiro atoms. The van der Waals surface area contributed by atoms with Crippen LogP contribution >= 0.6 is 0 Å². The van der Waals surface area contributed by atoms with Gasteiger partial charge in [0.05, 0.1) is 0 Å². The summed E-state index contributed by atoms with van der Waals surface area (Å²) in [5.74, 6) is -1.91. The van der Waals surface area contributed by atoms with Gasteiger partial charge in [-0.3, -0.25) is 9.59 Å². The van der Waals surface area contributed by atoms with Gasteiger partial charge in [-0.15, -0.1) is 0 Å². The summed E-state index contributed by atoms with van der Waals surface area (Å²) in [6, 6.07) is 5.21. The lowest BCUT2D eigenvalue weighted by molar-refractivity contribution is -0.188. The molecule has 28 heavy (non-hydrogen) atoms. The fourth-order valence-corrected chi connectivity index (χ4v) is 3.74. The van der Waals surface area contributed by atoms with Gasteiger partial charge in [0, 0.05) is 24.6 Å². The molecule has 0 atom stereocenters. The molecule has 0 saturated carbocycles. The summed E-state index contributed by atoms with van der Waals surface area (Å²) in [6.07, 6.45) is -1.87. The van der Waals surface area contributed by atoms with Crippen LogP contribution in [0.25, 0.3) is 0 Å². The molecule has 1 heterocycles. The summed E-state index contributed by atoms with van der Waals surface area (Å²) < 4.78 is 38.7. The Labute approximate surface area is 164 Å². The molecule has 0 saturated heterocycles. The molecule has 156 valence electrons. The van der Waals surface area contributed by atoms with Crippen LogP contribution in [-0.2, 0) is 17.6 Å². The summed E-state index contributed by atoms with van der Waals surface area (Å²) in [6.45, 7) is 5.25. The Kier molecular flexibility index (Phi) is 8.04. The van der Waals surface area contributed by atoms with Gasteiger partial charge in [0.15, 0.2) is 5.78 Å². The van der Waals surface area contributed by atoms with Gasteiger partial charge in [-0.1, -0.05) is 26.0 Å². The summed E-state index contributed by atoms with van der Waals surface area (Å²) in [5.41, 5.74) is 2.98. The third-order valence-electron chi connectivity index (χ3n) is 5.36. The number of fused-ring (bicyclic) bond motifs is 1. The highest BCUT2D eigenvalue weighted by Crippen LogP contribution is 2.23. The topological polar surface area (TPSA) is 49.4 Å². The number of ketones is 1. The molecule has 1 aliphatic rings. The molecule has 7 heteroatoms. The average molecular weight is 398 g/mol. The molecular formula is C21H29F3N2O2. The van der Waals surface area contributed by atoms with E-state index in [-0.39, 0.29) is 25.2 Å². The predicted octanol–water partition coefficient (Wildman–Crippen LogP) is 3.92. The predicted molar refractivity (Wildman–Crippen MR) is 102 cm³/mol. The molecule has 0 fully saturated rings. The molecule has 1 amide bonds. The van der Waals surface area contributed by atoms with Crippen LogP contribution in [0.4, 0.5) is 13.2 Å². The minimum atomic E-state index is -4.89. The highest BCUT2D eigenvalue weighted by atomic mass is 19.4. The van der Waals surface area contributed by atoms with Gasteiger partial charge in [0.2, 0.25) is 0 Å². The number of nitrogens with one attached hydrogen (secondary N) is 1. The SMILES string of the molecule is CCC(CC)N(CCCC(=O)c1ccc2c(c1)CCNCC2)C(=O)C(F)(F)F. The molecule has 0 unspecified atom stereocenters. The molecule has 4 nitrogen and oxygen atoms in total. The summed E-state index contributed by atoms with van der Waals surface area (Å²) in [5, 5.41) is 3.32. The molecule has 2 rings (SSSR count). The first-order valence-corrected chi connectivity index (χ1v) is 10.0. The molecule has 1 aliphatic heterocycles. The zero-order valence-corrected chi connectivity index (χ0v) is 16.6. The first-order chi connectivity index (χ1) is 13.3. The third-order valence-corrected chi connectivity index (χ3v) is 5.36. The number of hydrogen-bond acceptors (Lipinski definition) is 3. The van der Waals surface area contributed by atoms with Crippen molar-refractivity contribution in [2.24, 2.45) is 0 Å². The number of nitrogens with zero attached hydrogens (tertiary/aromatic N) is 1. The molecule has 1 N–H and O–H groups in total. The van der Waals surface area contributed by atoms with Crippen molar-refractivity contribution in [3.05, 3.63) is 34.9 Å². The van der Waals surface area contributed by atoms with Crippen molar-refractivity contribution in [2.45, 2.75) is 64.6 Å². The monoisotopic (exact) mass is 398 g/mol. The van der Waals surface area contributed by atoms with Gasteiger partial charge in [0.25, 0.3) is 0 Å². The van der Waals surface area contributed by atoms with Crippen LogP contribution in [0.3, 0.4) is 0 Å². The van der Waals surface area contributed by atoms with Gasteiger partial charge in [-0.25, -0.2) is 0 Å². The van der Waals surface area contributed by atoms with Crippen molar-refractivity contribution in [1.82, 2.24) is 10.2 Å². The van der Waals surface area contributed by atoms with Crippen molar-refractivity contribution in [2.75, 3.05) is 19.6 Å². The van der Waals surface area contributed by atoms with Crippen LogP contribution in [-0.4, -0.2) is 48.4 Å². The number of carbonyl (C=O) groups excluding carboxylic acids is 2. The van der Waals surface area contributed by atoms with Gasteiger partial charge in [-0.05, 0) is 62.4 Å². The average Bonchev–Trinajstić information content (AvgIpc) is 2.90. The molecule has 0 aromatic heterocycles. The van der Waals surface area contributed by atoms with E-state index in [0.717, 1.165) is 36.4 Å². The van der Waals surface area contributed by atoms with Crippen molar-refractivity contribution in [1.29, 1.82) is 0 Å². The summed E-state index contributed by atoms with van der Waals surface area (Å²) in [7, 11) is 0. The van der Waals surface area contributed by atoms with Crippen LogP contribution < -0.4 is 5.32 Å². The highest BCUT2D eigenvalue weighted by Gasteiger charge is 2.43. The maximum absolute atomic E-state index is 12.9. The minimum absolute atomic E-state index is 0.0642. The summed E-state index contributed by atoms with van der Waals surface area (Å²) in [4.78, 5) is 25.2. The number of amides is 1. The Morgan fingerprint density at radius 3 is 2.36 bits per heavy atom. The number of alkyl halides is 3. The first kappa shape index (κ1) is 22.4. The number of Topliss-reactive ketones (excluding diaryl/α,β-unsaturated/α-hetero) is 1. The maximum Gasteiger partial charge on any atom is 0.471 e. The lowest BCUT2D eigenvalue weighted by atomic mass is 9.97. The number of hydrogen-bond donors (Lipinski definition) is 1. The van der Waals surface area contributed by atoms with Gasteiger partial charge >= 0.3 is 12.1 Å². The normalized spacial score (nSPS) is 14.5. The largest absolute Gasteiger partial charge is 0.471 e. The molecular weight excluding hydrogens is 369 g/mol. The van der Waals surface area contributed by atoms with Crippen LogP contribution in [0.1, 0.15) is 61.0 Å². The van der Waals surface area contributed by atoms with Crippen molar-refractivity contribution >= 4 is 11.7 Å². The molecule has 0 radical (unpaired) electrons. The lowest BCUT2D eigenvalue weighted by Crippen LogP contribution is -2.47. The number of carbonyl (C=O) groups is 2. The Hall–Kier alpha value is -1.89. The fourth-order valence-electron chi connectivity index (χ4n) is 3.74. The van der Waals surface area contributed by atoms with Crippen LogP contribution in [0.2, 0.25) is 0 Å². The number of benzene rings is 1. The zero-order chi connectivity index (χ0) is 20.7. The van der Waals surface area contributed by atoms with Crippen LogP contribution in [0.15, 0.2) is 18.2 Å². The Bertz CT molecular complexity index is 685. The molecule has 1 aromatic rings. The quantitative estimate of drug-likeness (QED) is 0.676. The highest BCUT2D eigenvalue weighted by molar-refractivity contribution is 5.96.